The van der Waals surface area contributed by atoms with Crippen LogP contribution in [0.1, 0.15) is 18.2 Å². The summed E-state index contributed by atoms with van der Waals surface area (Å²) in [6, 6.07) is 8.23. The van der Waals surface area contributed by atoms with Crippen molar-refractivity contribution in [1.82, 2.24) is 9.78 Å². The molecule has 2 N–H and O–H groups in total. The Bertz CT molecular complexity index is 452. The summed E-state index contributed by atoms with van der Waals surface area (Å²) in [6.45, 7) is 4.05. The molecule has 1 heterocycles. The van der Waals surface area contributed by atoms with E-state index in [1.165, 1.54) is 5.56 Å². The van der Waals surface area contributed by atoms with Gasteiger partial charge in [0, 0.05) is 0 Å². The summed E-state index contributed by atoms with van der Waals surface area (Å²) in [5.74, 6) is 0. The SMILES string of the molecule is CCc1ccccc1-n1cc(N)c(C)n1. The molecular formula is C12H15N3. The highest BCUT2D eigenvalue weighted by Crippen LogP contribution is 2.17. The van der Waals surface area contributed by atoms with Crippen LogP contribution in [0.3, 0.4) is 0 Å². The van der Waals surface area contributed by atoms with Gasteiger partial charge in [-0.25, -0.2) is 4.68 Å². The Hall–Kier alpha value is -1.77. The van der Waals surface area contributed by atoms with Crippen LogP contribution in [0.2, 0.25) is 0 Å². The number of aromatic nitrogens is 2. The molecule has 15 heavy (non-hydrogen) atoms. The first-order chi connectivity index (χ1) is 7.22. The molecule has 0 saturated heterocycles. The number of rotatable bonds is 2. The van der Waals surface area contributed by atoms with Crippen molar-refractivity contribution in [2.45, 2.75) is 20.3 Å². The van der Waals surface area contributed by atoms with Crippen LogP contribution in [0.25, 0.3) is 5.69 Å². The molecule has 1 aromatic heterocycles. The third kappa shape index (κ3) is 1.73. The van der Waals surface area contributed by atoms with Crippen molar-refractivity contribution in [3.8, 4) is 5.69 Å². The highest BCUT2D eigenvalue weighted by atomic mass is 15.3. The third-order valence-electron chi connectivity index (χ3n) is 2.56. The molecule has 78 valence electrons. The lowest BCUT2D eigenvalue weighted by atomic mass is 10.1. The molecule has 0 radical (unpaired) electrons. The smallest absolute Gasteiger partial charge is 0.0827 e. The van der Waals surface area contributed by atoms with Crippen molar-refractivity contribution in [1.29, 1.82) is 0 Å². The Balaban J connectivity index is 2.53. The molecule has 0 atom stereocenters. The van der Waals surface area contributed by atoms with Gasteiger partial charge in [0.15, 0.2) is 0 Å². The number of nitrogens with zero attached hydrogens (tertiary/aromatic N) is 2. The van der Waals surface area contributed by atoms with E-state index >= 15 is 0 Å². The van der Waals surface area contributed by atoms with E-state index in [9.17, 15) is 0 Å². The average molecular weight is 201 g/mol. The van der Waals surface area contributed by atoms with Crippen LogP contribution < -0.4 is 5.73 Å². The van der Waals surface area contributed by atoms with Crippen LogP contribution in [0, 0.1) is 6.92 Å². The fourth-order valence-electron chi connectivity index (χ4n) is 1.63. The summed E-state index contributed by atoms with van der Waals surface area (Å²) in [7, 11) is 0. The third-order valence-corrected chi connectivity index (χ3v) is 2.56. The van der Waals surface area contributed by atoms with Crippen LogP contribution in [-0.2, 0) is 6.42 Å². The lowest BCUT2D eigenvalue weighted by molar-refractivity contribution is 0.847. The molecular weight excluding hydrogens is 186 g/mol. The first kappa shape index (κ1) is 9.77. The minimum absolute atomic E-state index is 0.737. The van der Waals surface area contributed by atoms with E-state index in [-0.39, 0.29) is 0 Å². The van der Waals surface area contributed by atoms with Gasteiger partial charge < -0.3 is 5.73 Å². The molecule has 0 aliphatic carbocycles. The molecule has 0 fully saturated rings. The number of anilines is 1. The highest BCUT2D eigenvalue weighted by molar-refractivity contribution is 5.46. The van der Waals surface area contributed by atoms with E-state index in [0.29, 0.717) is 0 Å². The minimum Gasteiger partial charge on any atom is -0.396 e. The van der Waals surface area contributed by atoms with Crippen LogP contribution >= 0.6 is 0 Å². The molecule has 0 unspecified atom stereocenters. The second kappa shape index (κ2) is 3.77. The van der Waals surface area contributed by atoms with Gasteiger partial charge >= 0.3 is 0 Å². The molecule has 2 aromatic rings. The van der Waals surface area contributed by atoms with Crippen molar-refractivity contribution < 1.29 is 0 Å². The second-order valence-corrected chi connectivity index (χ2v) is 3.60. The maximum absolute atomic E-state index is 5.79. The summed E-state index contributed by atoms with van der Waals surface area (Å²) < 4.78 is 1.85. The van der Waals surface area contributed by atoms with E-state index in [0.717, 1.165) is 23.5 Å². The number of hydrogen-bond donors (Lipinski definition) is 1. The highest BCUT2D eigenvalue weighted by Gasteiger charge is 2.05. The average Bonchev–Trinajstić information content (AvgIpc) is 2.59. The van der Waals surface area contributed by atoms with Gasteiger partial charge in [-0.05, 0) is 25.0 Å². The predicted octanol–water partition coefficient (Wildman–Crippen LogP) is 2.33. The van der Waals surface area contributed by atoms with Gasteiger partial charge in [0.25, 0.3) is 0 Å². The van der Waals surface area contributed by atoms with E-state index in [2.05, 4.69) is 24.2 Å². The van der Waals surface area contributed by atoms with Crippen LogP contribution in [0.5, 0.6) is 0 Å². The molecule has 2 rings (SSSR count). The van der Waals surface area contributed by atoms with E-state index in [1.54, 1.807) is 0 Å². The molecule has 0 aliphatic rings. The normalized spacial score (nSPS) is 10.5. The van der Waals surface area contributed by atoms with Crippen molar-refractivity contribution in [2.75, 3.05) is 5.73 Å². The fraction of sp³-hybridized carbons (Fsp3) is 0.250. The number of benzene rings is 1. The fourth-order valence-corrected chi connectivity index (χ4v) is 1.63. The predicted molar refractivity (Wildman–Crippen MR) is 62.1 cm³/mol. The van der Waals surface area contributed by atoms with Crippen molar-refractivity contribution in [2.24, 2.45) is 0 Å². The summed E-state index contributed by atoms with van der Waals surface area (Å²) in [5, 5.41) is 4.38. The number of aryl methyl sites for hydroxylation is 2. The van der Waals surface area contributed by atoms with Gasteiger partial charge in [0.05, 0.1) is 23.3 Å². The quantitative estimate of drug-likeness (QED) is 0.810. The van der Waals surface area contributed by atoms with Crippen molar-refractivity contribution in [3.05, 3.63) is 41.7 Å². The maximum Gasteiger partial charge on any atom is 0.0827 e. The van der Waals surface area contributed by atoms with Crippen LogP contribution in [-0.4, -0.2) is 9.78 Å². The zero-order chi connectivity index (χ0) is 10.8. The first-order valence-corrected chi connectivity index (χ1v) is 5.12. The second-order valence-electron chi connectivity index (χ2n) is 3.60. The number of para-hydroxylation sites is 1. The van der Waals surface area contributed by atoms with Crippen LogP contribution in [0.4, 0.5) is 5.69 Å². The van der Waals surface area contributed by atoms with Crippen LogP contribution in [0.15, 0.2) is 30.5 Å². The summed E-state index contributed by atoms with van der Waals surface area (Å²) in [4.78, 5) is 0. The van der Waals surface area contributed by atoms with Gasteiger partial charge in [-0.15, -0.1) is 0 Å². The molecule has 1 aromatic carbocycles. The van der Waals surface area contributed by atoms with Gasteiger partial charge in [0.1, 0.15) is 0 Å². The zero-order valence-electron chi connectivity index (χ0n) is 9.07. The maximum atomic E-state index is 5.79. The molecule has 3 nitrogen and oxygen atoms in total. The molecule has 0 spiro atoms. The van der Waals surface area contributed by atoms with Gasteiger partial charge in [-0.1, -0.05) is 25.1 Å². The van der Waals surface area contributed by atoms with E-state index in [4.69, 9.17) is 5.73 Å². The zero-order valence-corrected chi connectivity index (χ0v) is 9.07. The Labute approximate surface area is 89.5 Å². The van der Waals surface area contributed by atoms with E-state index in [1.807, 2.05) is 29.9 Å². The summed E-state index contributed by atoms with van der Waals surface area (Å²) >= 11 is 0. The lowest BCUT2D eigenvalue weighted by Crippen LogP contribution is -1.99. The minimum atomic E-state index is 0.737. The number of nitrogen functional groups attached to an aromatic ring is 1. The van der Waals surface area contributed by atoms with Crippen molar-refractivity contribution in [3.63, 3.8) is 0 Å². The standard InChI is InChI=1S/C12H15N3/c1-3-10-6-4-5-7-12(10)15-8-11(13)9(2)14-15/h4-8H,3,13H2,1-2H3. The molecule has 0 aliphatic heterocycles. The van der Waals surface area contributed by atoms with Crippen molar-refractivity contribution >= 4 is 5.69 Å². The monoisotopic (exact) mass is 201 g/mol. The topological polar surface area (TPSA) is 43.8 Å². The molecule has 0 amide bonds. The Kier molecular flexibility index (Phi) is 2.46. The largest absolute Gasteiger partial charge is 0.396 e. The Morgan fingerprint density at radius 3 is 2.67 bits per heavy atom. The first-order valence-electron chi connectivity index (χ1n) is 5.12. The van der Waals surface area contributed by atoms with E-state index < -0.39 is 0 Å². The van der Waals surface area contributed by atoms with Gasteiger partial charge in [-0.3, -0.25) is 0 Å². The lowest BCUT2D eigenvalue weighted by Gasteiger charge is -2.06. The number of nitrogens with two attached hydrogens (primary N) is 1. The number of hydrogen-bond acceptors (Lipinski definition) is 2. The Morgan fingerprint density at radius 1 is 1.33 bits per heavy atom. The van der Waals surface area contributed by atoms with Gasteiger partial charge in [0.2, 0.25) is 0 Å². The Morgan fingerprint density at radius 2 is 2.07 bits per heavy atom. The molecule has 0 saturated carbocycles. The summed E-state index contributed by atoms with van der Waals surface area (Å²) in [5.41, 5.74) is 9.79. The summed E-state index contributed by atoms with van der Waals surface area (Å²) in [6.07, 6.45) is 2.86. The molecule has 3 heteroatoms. The van der Waals surface area contributed by atoms with Gasteiger partial charge in [-0.2, -0.15) is 5.10 Å². The molecule has 0 bridgehead atoms.